The molecule has 1 unspecified atom stereocenters. The zero-order chi connectivity index (χ0) is 11.0. The molecular formula is C12H26O2. The van der Waals surface area contributed by atoms with Gasteiger partial charge in [0.1, 0.15) is 0 Å². The van der Waals surface area contributed by atoms with E-state index in [-0.39, 0.29) is 12.0 Å². The van der Waals surface area contributed by atoms with Crippen LogP contribution in [-0.2, 0) is 4.74 Å². The van der Waals surface area contributed by atoms with E-state index in [9.17, 15) is 5.11 Å². The molecule has 1 atom stereocenters. The first-order valence-corrected chi connectivity index (χ1v) is 5.72. The predicted molar refractivity (Wildman–Crippen MR) is 60.4 cm³/mol. The van der Waals surface area contributed by atoms with Gasteiger partial charge in [0.15, 0.2) is 0 Å². The average Bonchev–Trinajstić information content (AvgIpc) is 2.16. The van der Waals surface area contributed by atoms with Gasteiger partial charge in [-0.1, -0.05) is 27.7 Å². The summed E-state index contributed by atoms with van der Waals surface area (Å²) in [7, 11) is 0. The van der Waals surface area contributed by atoms with E-state index in [1.165, 1.54) is 0 Å². The van der Waals surface area contributed by atoms with Gasteiger partial charge in [-0.2, -0.15) is 0 Å². The molecule has 14 heavy (non-hydrogen) atoms. The molecule has 0 aromatic heterocycles. The summed E-state index contributed by atoms with van der Waals surface area (Å²) in [5, 5.41) is 9.17. The van der Waals surface area contributed by atoms with Gasteiger partial charge in [0, 0.05) is 19.8 Å². The van der Waals surface area contributed by atoms with Crippen LogP contribution in [0.15, 0.2) is 0 Å². The molecule has 0 saturated heterocycles. The summed E-state index contributed by atoms with van der Waals surface area (Å²) in [6.45, 7) is 10.5. The lowest BCUT2D eigenvalue weighted by Crippen LogP contribution is -2.22. The standard InChI is InChI=1S/C12H26O2/c1-5-12(4,10-13)7-9-14-8-6-11(2)3/h11,13H,5-10H2,1-4H3. The third kappa shape index (κ3) is 6.39. The average molecular weight is 202 g/mol. The lowest BCUT2D eigenvalue weighted by atomic mass is 9.85. The molecule has 0 aromatic carbocycles. The van der Waals surface area contributed by atoms with Gasteiger partial charge >= 0.3 is 0 Å². The Kier molecular flexibility index (Phi) is 7.20. The van der Waals surface area contributed by atoms with Crippen molar-refractivity contribution in [2.24, 2.45) is 11.3 Å². The van der Waals surface area contributed by atoms with Crippen molar-refractivity contribution < 1.29 is 9.84 Å². The molecule has 0 amide bonds. The monoisotopic (exact) mass is 202 g/mol. The van der Waals surface area contributed by atoms with Crippen molar-refractivity contribution in [3.8, 4) is 0 Å². The van der Waals surface area contributed by atoms with Gasteiger partial charge in [0.25, 0.3) is 0 Å². The molecule has 2 nitrogen and oxygen atoms in total. The summed E-state index contributed by atoms with van der Waals surface area (Å²) in [6, 6.07) is 0. The maximum absolute atomic E-state index is 9.17. The summed E-state index contributed by atoms with van der Waals surface area (Å²) >= 11 is 0. The molecule has 0 bridgehead atoms. The molecule has 0 saturated carbocycles. The highest BCUT2D eigenvalue weighted by Crippen LogP contribution is 2.24. The van der Waals surface area contributed by atoms with Crippen LogP contribution < -0.4 is 0 Å². The third-order valence-corrected chi connectivity index (χ3v) is 2.92. The zero-order valence-corrected chi connectivity index (χ0v) is 10.2. The van der Waals surface area contributed by atoms with Crippen LogP contribution in [0.25, 0.3) is 0 Å². The molecule has 0 radical (unpaired) electrons. The van der Waals surface area contributed by atoms with Crippen LogP contribution in [0.2, 0.25) is 0 Å². The second-order valence-electron chi connectivity index (χ2n) is 4.87. The van der Waals surface area contributed by atoms with Crippen molar-refractivity contribution in [1.82, 2.24) is 0 Å². The molecule has 0 fully saturated rings. The highest BCUT2D eigenvalue weighted by molar-refractivity contribution is 4.70. The predicted octanol–water partition coefficient (Wildman–Crippen LogP) is 2.85. The summed E-state index contributed by atoms with van der Waals surface area (Å²) in [4.78, 5) is 0. The van der Waals surface area contributed by atoms with Crippen LogP contribution in [0.4, 0.5) is 0 Å². The maximum atomic E-state index is 9.17. The molecule has 0 aliphatic rings. The number of aliphatic hydroxyl groups excluding tert-OH is 1. The van der Waals surface area contributed by atoms with Gasteiger partial charge in [0.2, 0.25) is 0 Å². The Balaban J connectivity index is 3.43. The summed E-state index contributed by atoms with van der Waals surface area (Å²) in [5.41, 5.74) is 0.0534. The van der Waals surface area contributed by atoms with Gasteiger partial charge in [-0.25, -0.2) is 0 Å². The fraction of sp³-hybridized carbons (Fsp3) is 1.00. The SMILES string of the molecule is CCC(C)(CO)CCOCCC(C)C. The second-order valence-corrected chi connectivity index (χ2v) is 4.87. The van der Waals surface area contributed by atoms with Gasteiger partial charge in [0.05, 0.1) is 0 Å². The number of rotatable bonds is 8. The summed E-state index contributed by atoms with van der Waals surface area (Å²) < 4.78 is 5.53. The largest absolute Gasteiger partial charge is 0.396 e. The van der Waals surface area contributed by atoms with Crippen molar-refractivity contribution in [2.45, 2.75) is 47.0 Å². The third-order valence-electron chi connectivity index (χ3n) is 2.92. The molecule has 86 valence electrons. The van der Waals surface area contributed by atoms with Crippen molar-refractivity contribution in [3.63, 3.8) is 0 Å². The van der Waals surface area contributed by atoms with Crippen molar-refractivity contribution in [1.29, 1.82) is 0 Å². The molecule has 0 rings (SSSR count). The minimum atomic E-state index is 0.0534. The van der Waals surface area contributed by atoms with E-state index in [1.807, 2.05) is 0 Å². The Morgan fingerprint density at radius 1 is 1.29 bits per heavy atom. The second kappa shape index (κ2) is 7.24. The number of aliphatic hydroxyl groups is 1. The number of hydrogen-bond acceptors (Lipinski definition) is 2. The Morgan fingerprint density at radius 2 is 1.93 bits per heavy atom. The Hall–Kier alpha value is -0.0800. The topological polar surface area (TPSA) is 29.5 Å². The fourth-order valence-electron chi connectivity index (χ4n) is 1.11. The lowest BCUT2D eigenvalue weighted by Gasteiger charge is -2.25. The normalized spacial score (nSPS) is 15.9. The minimum absolute atomic E-state index is 0.0534. The van der Waals surface area contributed by atoms with Crippen molar-refractivity contribution >= 4 is 0 Å². The molecule has 0 spiro atoms. The van der Waals surface area contributed by atoms with E-state index < -0.39 is 0 Å². The highest BCUT2D eigenvalue weighted by atomic mass is 16.5. The van der Waals surface area contributed by atoms with Crippen LogP contribution in [0.1, 0.15) is 47.0 Å². The first-order valence-electron chi connectivity index (χ1n) is 5.72. The quantitative estimate of drug-likeness (QED) is 0.613. The van der Waals surface area contributed by atoms with Gasteiger partial charge in [-0.3, -0.25) is 0 Å². The van der Waals surface area contributed by atoms with Crippen LogP contribution in [0, 0.1) is 11.3 Å². The Morgan fingerprint density at radius 3 is 2.36 bits per heavy atom. The molecule has 1 N–H and O–H groups in total. The highest BCUT2D eigenvalue weighted by Gasteiger charge is 2.20. The molecule has 0 aliphatic heterocycles. The molecule has 2 heteroatoms. The lowest BCUT2D eigenvalue weighted by molar-refractivity contribution is 0.0605. The molecule has 0 aromatic rings. The molecular weight excluding hydrogens is 176 g/mol. The van der Waals surface area contributed by atoms with Crippen LogP contribution in [0.3, 0.4) is 0 Å². The smallest absolute Gasteiger partial charge is 0.0485 e. The minimum Gasteiger partial charge on any atom is -0.396 e. The van der Waals surface area contributed by atoms with Gasteiger partial charge < -0.3 is 9.84 Å². The van der Waals surface area contributed by atoms with E-state index in [0.29, 0.717) is 5.92 Å². The van der Waals surface area contributed by atoms with E-state index in [2.05, 4.69) is 27.7 Å². The summed E-state index contributed by atoms with van der Waals surface area (Å²) in [5.74, 6) is 0.713. The van der Waals surface area contributed by atoms with E-state index in [0.717, 1.165) is 32.5 Å². The first kappa shape index (κ1) is 13.9. The van der Waals surface area contributed by atoms with E-state index in [4.69, 9.17) is 4.74 Å². The van der Waals surface area contributed by atoms with Crippen LogP contribution >= 0.6 is 0 Å². The Bertz CT molecular complexity index is 128. The van der Waals surface area contributed by atoms with Crippen LogP contribution in [-0.4, -0.2) is 24.9 Å². The first-order chi connectivity index (χ1) is 6.54. The Labute approximate surface area is 88.7 Å². The maximum Gasteiger partial charge on any atom is 0.0485 e. The van der Waals surface area contributed by atoms with Crippen LogP contribution in [0.5, 0.6) is 0 Å². The fourth-order valence-corrected chi connectivity index (χ4v) is 1.11. The number of hydrogen-bond donors (Lipinski definition) is 1. The van der Waals surface area contributed by atoms with Crippen molar-refractivity contribution in [3.05, 3.63) is 0 Å². The molecule has 0 aliphatic carbocycles. The summed E-state index contributed by atoms with van der Waals surface area (Å²) in [6.07, 6.45) is 3.09. The van der Waals surface area contributed by atoms with Gasteiger partial charge in [-0.15, -0.1) is 0 Å². The van der Waals surface area contributed by atoms with E-state index in [1.54, 1.807) is 0 Å². The molecule has 0 heterocycles. The van der Waals surface area contributed by atoms with Gasteiger partial charge in [-0.05, 0) is 30.6 Å². The van der Waals surface area contributed by atoms with E-state index >= 15 is 0 Å². The zero-order valence-electron chi connectivity index (χ0n) is 10.2. The van der Waals surface area contributed by atoms with Crippen molar-refractivity contribution in [2.75, 3.05) is 19.8 Å². The number of ether oxygens (including phenoxy) is 1.